The van der Waals surface area contributed by atoms with Gasteiger partial charge in [-0.3, -0.25) is 4.72 Å². The number of pyridine rings is 1. The highest BCUT2D eigenvalue weighted by Gasteiger charge is 2.16. The lowest BCUT2D eigenvalue weighted by Gasteiger charge is -2.11. The van der Waals surface area contributed by atoms with Crippen LogP contribution in [0.1, 0.15) is 18.1 Å². The first-order valence-electron chi connectivity index (χ1n) is 8.91. The van der Waals surface area contributed by atoms with Gasteiger partial charge in [0.05, 0.1) is 23.9 Å². The molecule has 2 aromatic carbocycles. The fourth-order valence-electron chi connectivity index (χ4n) is 2.73. The molecule has 0 fully saturated rings. The molecule has 7 heteroatoms. The molecule has 0 aliphatic heterocycles. The topological polar surface area (TPSA) is 80.3 Å². The molecule has 0 saturated heterocycles. The Kier molecular flexibility index (Phi) is 5.84. The number of nitrogens with zero attached hydrogens (tertiary/aromatic N) is 1. The molecule has 6 nitrogen and oxygen atoms in total. The Bertz CT molecular complexity index is 1050. The maximum Gasteiger partial charge on any atom is 0.261 e. The predicted molar refractivity (Wildman–Crippen MR) is 112 cm³/mol. The first-order valence-corrected chi connectivity index (χ1v) is 10.4. The van der Waals surface area contributed by atoms with Crippen LogP contribution < -0.4 is 14.8 Å². The first-order chi connectivity index (χ1) is 13.4. The summed E-state index contributed by atoms with van der Waals surface area (Å²) < 4.78 is 32.9. The van der Waals surface area contributed by atoms with Crippen LogP contribution in [-0.2, 0) is 16.4 Å². The van der Waals surface area contributed by atoms with Gasteiger partial charge in [0.1, 0.15) is 11.6 Å². The zero-order valence-corrected chi connectivity index (χ0v) is 16.9. The second kappa shape index (κ2) is 8.31. The Morgan fingerprint density at radius 3 is 2.29 bits per heavy atom. The second-order valence-corrected chi connectivity index (χ2v) is 8.03. The van der Waals surface area contributed by atoms with Crippen molar-refractivity contribution in [3.05, 3.63) is 71.9 Å². The molecule has 28 heavy (non-hydrogen) atoms. The Morgan fingerprint density at radius 2 is 1.71 bits per heavy atom. The van der Waals surface area contributed by atoms with E-state index in [1.807, 2.05) is 12.1 Å². The molecule has 2 N–H and O–H groups in total. The average molecular weight is 398 g/mol. The summed E-state index contributed by atoms with van der Waals surface area (Å²) in [6.07, 6.45) is 2.47. The quantitative estimate of drug-likeness (QED) is 0.613. The smallest absolute Gasteiger partial charge is 0.261 e. The molecule has 0 aliphatic rings. The van der Waals surface area contributed by atoms with Crippen LogP contribution in [0.2, 0.25) is 0 Å². The minimum absolute atomic E-state index is 0.170. The summed E-state index contributed by atoms with van der Waals surface area (Å²) in [5.41, 5.74) is 3.32. The standard InChI is InChI=1S/C21H23N3O3S/c1-4-16-5-7-17(8-6-16)23-21-12-9-18(14-22-21)24-28(25,26)19-10-11-20(27-3)15(2)13-19/h5-14,24H,4H2,1-3H3,(H,22,23). The number of ether oxygens (including phenoxy) is 1. The third kappa shape index (κ3) is 4.61. The van der Waals surface area contributed by atoms with Crippen molar-refractivity contribution >= 4 is 27.2 Å². The van der Waals surface area contributed by atoms with Crippen LogP contribution in [0, 0.1) is 6.92 Å². The molecule has 1 aromatic heterocycles. The van der Waals surface area contributed by atoms with Crippen LogP contribution in [0.25, 0.3) is 0 Å². The number of sulfonamides is 1. The molecule has 0 saturated carbocycles. The van der Waals surface area contributed by atoms with E-state index in [0.29, 0.717) is 17.3 Å². The van der Waals surface area contributed by atoms with Gasteiger partial charge in [0.2, 0.25) is 0 Å². The van der Waals surface area contributed by atoms with Crippen molar-refractivity contribution in [2.45, 2.75) is 25.2 Å². The lowest BCUT2D eigenvalue weighted by molar-refractivity contribution is 0.411. The van der Waals surface area contributed by atoms with Gasteiger partial charge in [-0.1, -0.05) is 19.1 Å². The second-order valence-electron chi connectivity index (χ2n) is 6.34. The molecule has 0 amide bonds. The maximum atomic E-state index is 12.6. The van der Waals surface area contributed by atoms with Crippen molar-refractivity contribution in [1.29, 1.82) is 0 Å². The largest absolute Gasteiger partial charge is 0.496 e. The van der Waals surface area contributed by atoms with Crippen LogP contribution in [0.5, 0.6) is 5.75 Å². The van der Waals surface area contributed by atoms with Crippen molar-refractivity contribution < 1.29 is 13.2 Å². The van der Waals surface area contributed by atoms with Crippen LogP contribution in [0.3, 0.4) is 0 Å². The predicted octanol–water partition coefficient (Wildman–Crippen LogP) is 4.51. The molecule has 1 heterocycles. The zero-order chi connectivity index (χ0) is 20.1. The summed E-state index contributed by atoms with van der Waals surface area (Å²) in [6.45, 7) is 3.91. The summed E-state index contributed by atoms with van der Waals surface area (Å²) >= 11 is 0. The van der Waals surface area contributed by atoms with E-state index in [1.54, 1.807) is 38.3 Å². The van der Waals surface area contributed by atoms with E-state index in [0.717, 1.165) is 17.7 Å². The molecule has 3 aromatic rings. The highest BCUT2D eigenvalue weighted by molar-refractivity contribution is 7.92. The summed E-state index contributed by atoms with van der Waals surface area (Å²) in [5, 5.41) is 3.19. The van der Waals surface area contributed by atoms with E-state index in [4.69, 9.17) is 4.74 Å². The molecule has 0 aliphatic carbocycles. The van der Waals surface area contributed by atoms with Gasteiger partial charge in [-0.25, -0.2) is 13.4 Å². The van der Waals surface area contributed by atoms with Gasteiger partial charge in [0.15, 0.2) is 0 Å². The SMILES string of the molecule is CCc1ccc(Nc2ccc(NS(=O)(=O)c3ccc(OC)c(C)c3)cn2)cc1. The van der Waals surface area contributed by atoms with Gasteiger partial charge < -0.3 is 10.1 Å². The Morgan fingerprint density at radius 1 is 1.00 bits per heavy atom. The Labute approximate surface area is 165 Å². The number of methoxy groups -OCH3 is 1. The molecular formula is C21H23N3O3S. The van der Waals surface area contributed by atoms with E-state index in [-0.39, 0.29) is 4.90 Å². The minimum Gasteiger partial charge on any atom is -0.496 e. The van der Waals surface area contributed by atoms with Gasteiger partial charge >= 0.3 is 0 Å². The number of anilines is 3. The number of aryl methyl sites for hydroxylation is 2. The number of aromatic nitrogens is 1. The van der Waals surface area contributed by atoms with E-state index in [9.17, 15) is 8.42 Å². The van der Waals surface area contributed by atoms with Crippen molar-refractivity contribution in [2.75, 3.05) is 17.1 Å². The fraction of sp³-hybridized carbons (Fsp3) is 0.190. The summed E-state index contributed by atoms with van der Waals surface area (Å²) in [4.78, 5) is 4.45. The van der Waals surface area contributed by atoms with Crippen molar-refractivity contribution in [2.24, 2.45) is 0 Å². The molecule has 0 atom stereocenters. The number of hydrogen-bond acceptors (Lipinski definition) is 5. The average Bonchev–Trinajstić information content (AvgIpc) is 2.70. The number of benzene rings is 2. The third-order valence-corrected chi connectivity index (χ3v) is 5.71. The third-order valence-electron chi connectivity index (χ3n) is 4.33. The maximum absolute atomic E-state index is 12.6. The van der Waals surface area contributed by atoms with Gasteiger partial charge in [-0.15, -0.1) is 0 Å². The van der Waals surface area contributed by atoms with E-state index >= 15 is 0 Å². The number of nitrogens with one attached hydrogen (secondary N) is 2. The highest BCUT2D eigenvalue weighted by atomic mass is 32.2. The molecule has 0 unspecified atom stereocenters. The van der Waals surface area contributed by atoms with Crippen LogP contribution in [0.15, 0.2) is 65.7 Å². The van der Waals surface area contributed by atoms with Crippen LogP contribution in [0.4, 0.5) is 17.2 Å². The normalized spacial score (nSPS) is 11.1. The molecule has 146 valence electrons. The fourth-order valence-corrected chi connectivity index (χ4v) is 3.86. The Balaban J connectivity index is 1.71. The molecule has 0 radical (unpaired) electrons. The van der Waals surface area contributed by atoms with Gasteiger partial charge in [0, 0.05) is 5.69 Å². The van der Waals surface area contributed by atoms with Gasteiger partial charge in [0.25, 0.3) is 10.0 Å². The van der Waals surface area contributed by atoms with Crippen molar-refractivity contribution in [1.82, 2.24) is 4.98 Å². The van der Waals surface area contributed by atoms with Crippen LogP contribution >= 0.6 is 0 Å². The number of hydrogen-bond donors (Lipinski definition) is 2. The van der Waals surface area contributed by atoms with E-state index < -0.39 is 10.0 Å². The highest BCUT2D eigenvalue weighted by Crippen LogP contribution is 2.23. The minimum atomic E-state index is -3.71. The first kappa shape index (κ1) is 19.7. The van der Waals surface area contributed by atoms with Crippen LogP contribution in [-0.4, -0.2) is 20.5 Å². The number of rotatable bonds is 7. The lowest BCUT2D eigenvalue weighted by Crippen LogP contribution is -2.13. The molecule has 3 rings (SSSR count). The van der Waals surface area contributed by atoms with E-state index in [2.05, 4.69) is 34.1 Å². The molecular weight excluding hydrogens is 374 g/mol. The monoisotopic (exact) mass is 397 g/mol. The lowest BCUT2D eigenvalue weighted by atomic mass is 10.1. The van der Waals surface area contributed by atoms with Crippen molar-refractivity contribution in [3.63, 3.8) is 0 Å². The summed E-state index contributed by atoms with van der Waals surface area (Å²) in [7, 11) is -2.16. The van der Waals surface area contributed by atoms with Crippen molar-refractivity contribution in [3.8, 4) is 5.75 Å². The molecule has 0 bridgehead atoms. The van der Waals surface area contributed by atoms with E-state index in [1.165, 1.54) is 17.8 Å². The molecule has 0 spiro atoms. The summed E-state index contributed by atoms with van der Waals surface area (Å²) in [5.74, 6) is 1.27. The zero-order valence-electron chi connectivity index (χ0n) is 16.1. The van der Waals surface area contributed by atoms with Gasteiger partial charge in [-0.2, -0.15) is 0 Å². The van der Waals surface area contributed by atoms with Gasteiger partial charge in [-0.05, 0) is 66.9 Å². The summed E-state index contributed by atoms with van der Waals surface area (Å²) in [6, 6.07) is 16.2. The Hall–Kier alpha value is -3.06.